The van der Waals surface area contributed by atoms with E-state index in [0.717, 1.165) is 16.5 Å². The summed E-state index contributed by atoms with van der Waals surface area (Å²) in [7, 11) is 1.66. The van der Waals surface area contributed by atoms with Gasteiger partial charge < -0.3 is 14.6 Å². The second-order valence-corrected chi connectivity index (χ2v) is 7.59. The van der Waals surface area contributed by atoms with Gasteiger partial charge in [-0.05, 0) is 26.8 Å². The predicted octanol–water partition coefficient (Wildman–Crippen LogP) is 3.97. The first-order chi connectivity index (χ1) is 11.8. The van der Waals surface area contributed by atoms with Crippen LogP contribution >= 0.6 is 35.0 Å². The monoisotopic (exact) mass is 402 g/mol. The molecule has 136 valence electrons. The Balaban J connectivity index is 2.09. The number of amides is 1. The lowest BCUT2D eigenvalue weighted by molar-refractivity contribution is -0.115. The van der Waals surface area contributed by atoms with Crippen molar-refractivity contribution in [2.24, 2.45) is 0 Å². The number of aromatic nitrogens is 3. The van der Waals surface area contributed by atoms with E-state index >= 15 is 0 Å². The number of carbonyl (C=O) groups excluding carboxylic acids is 1. The van der Waals surface area contributed by atoms with Crippen LogP contribution in [0.15, 0.2) is 17.4 Å². The maximum absolute atomic E-state index is 12.4. The van der Waals surface area contributed by atoms with Gasteiger partial charge in [0.15, 0.2) is 11.0 Å². The van der Waals surface area contributed by atoms with Crippen LogP contribution in [0.3, 0.4) is 0 Å². The van der Waals surface area contributed by atoms with Crippen LogP contribution in [-0.2, 0) is 16.1 Å². The van der Waals surface area contributed by atoms with E-state index in [-0.39, 0.29) is 11.2 Å². The van der Waals surface area contributed by atoms with Gasteiger partial charge in [0.25, 0.3) is 0 Å². The first-order valence-electron chi connectivity index (χ1n) is 7.64. The molecule has 0 bridgehead atoms. The molecule has 2 rings (SSSR count). The van der Waals surface area contributed by atoms with Crippen molar-refractivity contribution in [3.05, 3.63) is 33.7 Å². The van der Waals surface area contributed by atoms with Crippen LogP contribution in [0.4, 0.5) is 5.82 Å². The van der Waals surface area contributed by atoms with Crippen LogP contribution in [0.5, 0.6) is 0 Å². The minimum atomic E-state index is -0.379. The molecule has 0 fully saturated rings. The molecule has 0 aromatic carbocycles. The number of hydrogen-bond donors (Lipinski definition) is 1. The molecule has 0 spiro atoms. The lowest BCUT2D eigenvalue weighted by Crippen LogP contribution is -2.23. The molecule has 1 atom stereocenters. The topological polar surface area (TPSA) is 69.0 Å². The highest BCUT2D eigenvalue weighted by Gasteiger charge is 2.21. The average molecular weight is 403 g/mol. The number of anilines is 1. The van der Waals surface area contributed by atoms with Crippen LogP contribution in [0.1, 0.15) is 18.3 Å². The first-order valence-corrected chi connectivity index (χ1v) is 9.28. The summed E-state index contributed by atoms with van der Waals surface area (Å²) >= 11 is 13.2. The number of ether oxygens (including phenoxy) is 1. The highest BCUT2D eigenvalue weighted by molar-refractivity contribution is 8.00. The van der Waals surface area contributed by atoms with Crippen LogP contribution in [0.2, 0.25) is 10.0 Å². The molecule has 0 saturated heterocycles. The number of methoxy groups -OCH3 is 1. The van der Waals surface area contributed by atoms with Gasteiger partial charge in [-0.15, -0.1) is 0 Å². The average Bonchev–Trinajstić information content (AvgIpc) is 2.82. The van der Waals surface area contributed by atoms with Gasteiger partial charge in [0.05, 0.1) is 27.6 Å². The van der Waals surface area contributed by atoms with E-state index in [0.29, 0.717) is 29.0 Å². The highest BCUT2D eigenvalue weighted by Crippen LogP contribution is 2.27. The number of halogens is 2. The molecule has 2 aromatic rings. The summed E-state index contributed by atoms with van der Waals surface area (Å²) in [6.45, 7) is 7.03. The lowest BCUT2D eigenvalue weighted by Gasteiger charge is -2.14. The molecule has 2 aromatic heterocycles. The van der Waals surface area contributed by atoms with Crippen molar-refractivity contribution in [2.75, 3.05) is 19.0 Å². The molecule has 0 radical (unpaired) electrons. The number of pyridine rings is 1. The van der Waals surface area contributed by atoms with Gasteiger partial charge in [-0.3, -0.25) is 4.79 Å². The van der Waals surface area contributed by atoms with Gasteiger partial charge in [0, 0.05) is 25.5 Å². The third-order valence-corrected chi connectivity index (χ3v) is 5.23. The second-order valence-electron chi connectivity index (χ2n) is 5.44. The number of aryl methyl sites for hydroxylation is 1. The third kappa shape index (κ3) is 5.10. The fourth-order valence-electron chi connectivity index (χ4n) is 2.10. The van der Waals surface area contributed by atoms with Crippen molar-refractivity contribution in [3.63, 3.8) is 0 Å². The van der Waals surface area contributed by atoms with Crippen molar-refractivity contribution in [1.29, 1.82) is 0 Å². The number of nitrogens with zero attached hydrogens (tertiary/aromatic N) is 3. The molecule has 2 heterocycles. The summed E-state index contributed by atoms with van der Waals surface area (Å²) in [5.41, 5.74) is 2.00. The quantitative estimate of drug-likeness (QED) is 0.709. The van der Waals surface area contributed by atoms with Crippen molar-refractivity contribution in [2.45, 2.75) is 37.7 Å². The Kier molecular flexibility index (Phi) is 7.13. The number of hydrogen-bond acceptors (Lipinski definition) is 5. The van der Waals surface area contributed by atoms with E-state index < -0.39 is 0 Å². The highest BCUT2D eigenvalue weighted by atomic mass is 35.5. The molecule has 9 heteroatoms. The van der Waals surface area contributed by atoms with Crippen LogP contribution in [0.25, 0.3) is 0 Å². The maximum Gasteiger partial charge on any atom is 0.238 e. The van der Waals surface area contributed by atoms with Crippen molar-refractivity contribution in [1.82, 2.24) is 14.5 Å². The molecule has 25 heavy (non-hydrogen) atoms. The van der Waals surface area contributed by atoms with Crippen molar-refractivity contribution >= 4 is 46.7 Å². The molecule has 1 amide bonds. The Morgan fingerprint density at radius 1 is 1.44 bits per heavy atom. The summed E-state index contributed by atoms with van der Waals surface area (Å²) in [6, 6.07) is 1.54. The Morgan fingerprint density at radius 3 is 2.80 bits per heavy atom. The van der Waals surface area contributed by atoms with E-state index in [4.69, 9.17) is 27.9 Å². The molecular formula is C16H20Cl2N4O2S. The number of thioether (sulfide) groups is 1. The summed E-state index contributed by atoms with van der Waals surface area (Å²) < 4.78 is 7.20. The minimum Gasteiger partial charge on any atom is -0.383 e. The normalized spacial score (nSPS) is 12.2. The van der Waals surface area contributed by atoms with E-state index in [1.54, 1.807) is 7.11 Å². The molecule has 0 saturated carbocycles. The van der Waals surface area contributed by atoms with E-state index in [9.17, 15) is 4.79 Å². The summed E-state index contributed by atoms with van der Waals surface area (Å²) in [5.74, 6) is 0.0805. The summed E-state index contributed by atoms with van der Waals surface area (Å²) in [5, 5.41) is 3.83. The van der Waals surface area contributed by atoms with Gasteiger partial charge in [0.1, 0.15) is 0 Å². The standard InChI is InChI=1S/C16H20Cl2N4O2S/c1-9-10(2)22(5-6-24-4)16(20-9)25-11(3)15(23)21-14-13(18)7-12(17)8-19-14/h7-8,11H,5-6H2,1-4H3,(H,19,21,23). The zero-order chi connectivity index (χ0) is 18.6. The Labute approximate surface area is 161 Å². The third-order valence-electron chi connectivity index (χ3n) is 3.64. The Hall–Kier alpha value is -1.28. The number of rotatable bonds is 7. The zero-order valence-electron chi connectivity index (χ0n) is 14.5. The van der Waals surface area contributed by atoms with E-state index in [1.807, 2.05) is 20.8 Å². The minimum absolute atomic E-state index is 0.210. The van der Waals surface area contributed by atoms with Gasteiger partial charge in [-0.1, -0.05) is 35.0 Å². The Bertz CT molecular complexity index is 767. The Morgan fingerprint density at radius 2 is 2.16 bits per heavy atom. The van der Waals surface area contributed by atoms with Gasteiger partial charge in [0.2, 0.25) is 5.91 Å². The SMILES string of the molecule is COCCn1c(SC(C)C(=O)Nc2ncc(Cl)cc2Cl)nc(C)c1C. The van der Waals surface area contributed by atoms with E-state index in [2.05, 4.69) is 19.9 Å². The van der Waals surface area contributed by atoms with Crippen molar-refractivity contribution in [3.8, 4) is 0 Å². The molecule has 1 unspecified atom stereocenters. The second kappa shape index (κ2) is 8.89. The zero-order valence-corrected chi connectivity index (χ0v) is 16.8. The lowest BCUT2D eigenvalue weighted by atomic mass is 10.4. The summed E-state index contributed by atoms with van der Waals surface area (Å²) in [4.78, 5) is 21.0. The molecule has 0 aliphatic carbocycles. The molecule has 0 aliphatic heterocycles. The van der Waals surface area contributed by atoms with Crippen molar-refractivity contribution < 1.29 is 9.53 Å². The summed E-state index contributed by atoms with van der Waals surface area (Å²) in [6.07, 6.45) is 1.44. The fourth-order valence-corrected chi connectivity index (χ4v) is 3.55. The van der Waals surface area contributed by atoms with E-state index in [1.165, 1.54) is 24.0 Å². The fraction of sp³-hybridized carbons (Fsp3) is 0.438. The number of nitrogens with one attached hydrogen (secondary N) is 1. The number of imidazole rings is 1. The van der Waals surface area contributed by atoms with Gasteiger partial charge in [-0.25, -0.2) is 9.97 Å². The largest absolute Gasteiger partial charge is 0.383 e. The van der Waals surface area contributed by atoms with Gasteiger partial charge in [-0.2, -0.15) is 0 Å². The maximum atomic E-state index is 12.4. The molecular weight excluding hydrogens is 383 g/mol. The van der Waals surface area contributed by atoms with Crippen LogP contribution < -0.4 is 5.32 Å². The molecule has 6 nitrogen and oxygen atoms in total. The smallest absolute Gasteiger partial charge is 0.238 e. The predicted molar refractivity (Wildman–Crippen MR) is 102 cm³/mol. The van der Waals surface area contributed by atoms with Crippen LogP contribution in [-0.4, -0.2) is 39.4 Å². The van der Waals surface area contributed by atoms with Gasteiger partial charge >= 0.3 is 0 Å². The number of carbonyl (C=O) groups is 1. The first kappa shape index (κ1) is 20.0. The van der Waals surface area contributed by atoms with Crippen LogP contribution in [0, 0.1) is 13.8 Å². The molecule has 0 aliphatic rings. The molecule has 1 N–H and O–H groups in total.